The number of benzene rings is 1. The molecule has 0 bridgehead atoms. The van der Waals surface area contributed by atoms with Gasteiger partial charge in [-0.1, -0.05) is 15.9 Å². The van der Waals surface area contributed by atoms with Crippen molar-refractivity contribution < 1.29 is 18.7 Å². The summed E-state index contributed by atoms with van der Waals surface area (Å²) in [6.07, 6.45) is 0.869. The first-order valence-electron chi connectivity index (χ1n) is 7.55. The van der Waals surface area contributed by atoms with Crippen LogP contribution in [0, 0.1) is 5.82 Å². The van der Waals surface area contributed by atoms with Crippen LogP contribution < -0.4 is 10.5 Å². The second-order valence-corrected chi connectivity index (χ2v) is 7.50. The summed E-state index contributed by atoms with van der Waals surface area (Å²) in [4.78, 5) is 13.7. The van der Waals surface area contributed by atoms with E-state index in [4.69, 9.17) is 15.2 Å². The molecule has 1 aromatic rings. The first-order valence-corrected chi connectivity index (χ1v) is 8.34. The number of likely N-dealkylation sites (tertiary alicyclic amines) is 1. The van der Waals surface area contributed by atoms with Crippen molar-refractivity contribution in [2.24, 2.45) is 0 Å². The van der Waals surface area contributed by atoms with Crippen LogP contribution >= 0.6 is 15.9 Å². The van der Waals surface area contributed by atoms with E-state index in [1.54, 1.807) is 11.0 Å². The molecule has 1 aliphatic heterocycles. The third-order valence-electron chi connectivity index (χ3n) is 3.44. The van der Waals surface area contributed by atoms with Crippen molar-refractivity contribution in [1.29, 1.82) is 0 Å². The quantitative estimate of drug-likeness (QED) is 0.778. The van der Waals surface area contributed by atoms with Gasteiger partial charge in [0, 0.05) is 30.4 Å². The van der Waals surface area contributed by atoms with Gasteiger partial charge in [0.2, 0.25) is 0 Å². The highest BCUT2D eigenvalue weighted by molar-refractivity contribution is 9.10. The van der Waals surface area contributed by atoms with E-state index in [0.717, 1.165) is 0 Å². The molecule has 0 saturated carbocycles. The molecular formula is C16H22BrFN2O3. The standard InChI is InChI=1S/C16H22BrFN2O3/c1-16(2,3)23-15(21)20-6-4-11(5-7-20)22-13-9-10(17)8-12(18)14(13)19/h8-9,11H,4-7,19H2,1-3H3. The first kappa shape index (κ1) is 17.8. The summed E-state index contributed by atoms with van der Waals surface area (Å²) in [5.41, 5.74) is 5.20. The lowest BCUT2D eigenvalue weighted by Crippen LogP contribution is -2.44. The third kappa shape index (κ3) is 4.99. The molecule has 1 amide bonds. The maximum Gasteiger partial charge on any atom is 0.410 e. The molecule has 0 unspecified atom stereocenters. The summed E-state index contributed by atoms with van der Waals surface area (Å²) < 4.78 is 25.3. The Bertz CT molecular complexity index is 581. The van der Waals surface area contributed by atoms with Gasteiger partial charge >= 0.3 is 6.09 Å². The fourth-order valence-corrected chi connectivity index (χ4v) is 2.73. The number of nitrogen functional groups attached to an aromatic ring is 1. The SMILES string of the molecule is CC(C)(C)OC(=O)N1CCC(Oc2cc(Br)cc(F)c2N)CC1. The Morgan fingerprint density at radius 1 is 1.35 bits per heavy atom. The zero-order chi connectivity index (χ0) is 17.2. The maximum absolute atomic E-state index is 13.6. The van der Waals surface area contributed by atoms with Crippen molar-refractivity contribution in [3.8, 4) is 5.75 Å². The minimum absolute atomic E-state index is 0.00257. The van der Waals surface area contributed by atoms with E-state index < -0.39 is 11.4 Å². The Labute approximate surface area is 144 Å². The van der Waals surface area contributed by atoms with E-state index >= 15 is 0 Å². The number of carbonyl (C=O) groups excluding carboxylic acids is 1. The van der Waals surface area contributed by atoms with Crippen LogP contribution in [0.15, 0.2) is 16.6 Å². The predicted octanol–water partition coefficient (Wildman–Crippen LogP) is 3.95. The van der Waals surface area contributed by atoms with E-state index in [-0.39, 0.29) is 17.9 Å². The van der Waals surface area contributed by atoms with E-state index in [0.29, 0.717) is 36.2 Å². The van der Waals surface area contributed by atoms with Crippen molar-refractivity contribution in [3.63, 3.8) is 0 Å². The molecule has 1 saturated heterocycles. The normalized spacial score (nSPS) is 16.3. The Balaban J connectivity index is 1.92. The molecule has 128 valence electrons. The summed E-state index contributed by atoms with van der Waals surface area (Å²) in [6, 6.07) is 2.95. The molecule has 2 N–H and O–H groups in total. The lowest BCUT2D eigenvalue weighted by atomic mass is 10.1. The lowest BCUT2D eigenvalue weighted by molar-refractivity contribution is 0.0127. The number of anilines is 1. The minimum Gasteiger partial charge on any atom is -0.488 e. The summed E-state index contributed by atoms with van der Waals surface area (Å²) in [7, 11) is 0. The van der Waals surface area contributed by atoms with E-state index in [1.165, 1.54) is 6.07 Å². The molecule has 5 nitrogen and oxygen atoms in total. The smallest absolute Gasteiger partial charge is 0.410 e. The first-order chi connectivity index (χ1) is 10.7. The molecule has 2 rings (SSSR count). The molecule has 23 heavy (non-hydrogen) atoms. The van der Waals surface area contributed by atoms with Gasteiger partial charge in [0.25, 0.3) is 0 Å². The van der Waals surface area contributed by atoms with E-state index in [1.807, 2.05) is 20.8 Å². The van der Waals surface area contributed by atoms with Gasteiger partial charge in [-0.05, 0) is 32.9 Å². The highest BCUT2D eigenvalue weighted by Gasteiger charge is 2.28. The van der Waals surface area contributed by atoms with Gasteiger partial charge in [0.15, 0.2) is 5.82 Å². The van der Waals surface area contributed by atoms with Crippen LogP contribution in [0.2, 0.25) is 0 Å². The molecule has 1 fully saturated rings. The number of halogens is 2. The molecule has 0 atom stereocenters. The number of hydrogen-bond acceptors (Lipinski definition) is 4. The van der Waals surface area contributed by atoms with Gasteiger partial charge in [0.05, 0.1) is 0 Å². The number of hydrogen-bond donors (Lipinski definition) is 1. The highest BCUT2D eigenvalue weighted by Crippen LogP contribution is 2.31. The third-order valence-corrected chi connectivity index (χ3v) is 3.90. The monoisotopic (exact) mass is 388 g/mol. The van der Waals surface area contributed by atoms with E-state index in [9.17, 15) is 9.18 Å². The Hall–Kier alpha value is -1.50. The van der Waals surface area contributed by atoms with Crippen molar-refractivity contribution in [3.05, 3.63) is 22.4 Å². The molecule has 7 heteroatoms. The van der Waals surface area contributed by atoms with Crippen molar-refractivity contribution in [2.75, 3.05) is 18.8 Å². The molecule has 0 spiro atoms. The molecule has 1 aliphatic rings. The van der Waals surface area contributed by atoms with Crippen LogP contribution in [0.3, 0.4) is 0 Å². The largest absolute Gasteiger partial charge is 0.488 e. The molecule has 0 aliphatic carbocycles. The van der Waals surface area contributed by atoms with Gasteiger partial charge in [-0.25, -0.2) is 9.18 Å². The van der Waals surface area contributed by atoms with Crippen molar-refractivity contribution in [2.45, 2.75) is 45.3 Å². The van der Waals surface area contributed by atoms with Crippen LogP contribution in [0.5, 0.6) is 5.75 Å². The van der Waals surface area contributed by atoms with Crippen LogP contribution in [0.1, 0.15) is 33.6 Å². The Morgan fingerprint density at radius 3 is 2.52 bits per heavy atom. The van der Waals surface area contributed by atoms with Crippen LogP contribution in [-0.2, 0) is 4.74 Å². The van der Waals surface area contributed by atoms with Gasteiger partial charge < -0.3 is 20.1 Å². The fraction of sp³-hybridized carbons (Fsp3) is 0.562. The van der Waals surface area contributed by atoms with Crippen molar-refractivity contribution >= 4 is 27.7 Å². The van der Waals surface area contributed by atoms with Crippen molar-refractivity contribution in [1.82, 2.24) is 4.90 Å². The molecule has 0 radical (unpaired) electrons. The summed E-state index contributed by atoms with van der Waals surface area (Å²) in [5, 5.41) is 0. The highest BCUT2D eigenvalue weighted by atomic mass is 79.9. The molecular weight excluding hydrogens is 367 g/mol. The fourth-order valence-electron chi connectivity index (χ4n) is 2.32. The van der Waals surface area contributed by atoms with Gasteiger partial charge in [-0.3, -0.25) is 0 Å². The van der Waals surface area contributed by atoms with Crippen LogP contribution in [-0.4, -0.2) is 35.8 Å². The number of ether oxygens (including phenoxy) is 2. The average molecular weight is 389 g/mol. The average Bonchev–Trinajstić information content (AvgIpc) is 2.43. The van der Waals surface area contributed by atoms with Crippen LogP contribution in [0.4, 0.5) is 14.9 Å². The molecule has 1 aromatic carbocycles. The minimum atomic E-state index is -0.513. The zero-order valence-electron chi connectivity index (χ0n) is 13.6. The number of amides is 1. The number of nitrogens with two attached hydrogens (primary N) is 1. The number of nitrogens with zero attached hydrogens (tertiary/aromatic N) is 1. The Morgan fingerprint density at radius 2 is 1.96 bits per heavy atom. The lowest BCUT2D eigenvalue weighted by Gasteiger charge is -2.33. The number of carbonyl (C=O) groups is 1. The maximum atomic E-state index is 13.6. The van der Waals surface area contributed by atoms with Gasteiger partial charge in [-0.15, -0.1) is 0 Å². The van der Waals surface area contributed by atoms with Gasteiger partial charge in [-0.2, -0.15) is 0 Å². The predicted molar refractivity (Wildman–Crippen MR) is 90.0 cm³/mol. The summed E-state index contributed by atoms with van der Waals surface area (Å²) in [6.45, 7) is 6.59. The summed E-state index contributed by atoms with van der Waals surface area (Å²) in [5.74, 6) is -0.187. The second-order valence-electron chi connectivity index (χ2n) is 6.58. The zero-order valence-corrected chi connectivity index (χ0v) is 15.2. The number of rotatable bonds is 2. The summed E-state index contributed by atoms with van der Waals surface area (Å²) >= 11 is 3.22. The van der Waals surface area contributed by atoms with E-state index in [2.05, 4.69) is 15.9 Å². The second kappa shape index (κ2) is 6.95. The molecule has 0 aromatic heterocycles. The topological polar surface area (TPSA) is 64.8 Å². The number of piperidine rings is 1. The van der Waals surface area contributed by atoms with Crippen LogP contribution in [0.25, 0.3) is 0 Å². The van der Waals surface area contributed by atoms with Gasteiger partial charge in [0.1, 0.15) is 23.1 Å². The Kier molecular flexibility index (Phi) is 5.39. The molecule has 1 heterocycles.